The minimum Gasteiger partial charge on any atom is -0.497 e. The molecule has 1 atom stereocenters. The van der Waals surface area contributed by atoms with Crippen molar-refractivity contribution in [3.63, 3.8) is 0 Å². The van der Waals surface area contributed by atoms with Gasteiger partial charge in [-0.05, 0) is 19.1 Å². The zero-order valence-electron chi connectivity index (χ0n) is 8.00. The lowest BCUT2D eigenvalue weighted by Crippen LogP contribution is -2.27. The normalized spacial score (nSPS) is 13.8. The number of halogens is 2. The lowest BCUT2D eigenvalue weighted by Gasteiger charge is -2.19. The number of ether oxygens (including phenoxy) is 1. The molecule has 0 bridgehead atoms. The summed E-state index contributed by atoms with van der Waals surface area (Å²) >= 11 is 0. The Labute approximate surface area is 81.1 Å². The highest BCUT2D eigenvalue weighted by molar-refractivity contribution is 5.31. The van der Waals surface area contributed by atoms with E-state index in [9.17, 15) is 8.78 Å². The first-order chi connectivity index (χ1) is 6.48. The maximum atomic E-state index is 13.3. The molecule has 0 radical (unpaired) electrons. The Hall–Kier alpha value is -1.16. The van der Waals surface area contributed by atoms with E-state index in [1.165, 1.54) is 25.3 Å². The minimum atomic E-state index is -3.24. The van der Waals surface area contributed by atoms with E-state index in [0.29, 0.717) is 5.75 Å². The van der Waals surface area contributed by atoms with Gasteiger partial charge in [-0.3, -0.25) is 0 Å². The van der Waals surface area contributed by atoms with Crippen LogP contribution in [0.4, 0.5) is 8.78 Å². The number of aliphatic hydroxyl groups is 1. The van der Waals surface area contributed by atoms with E-state index in [1.807, 2.05) is 0 Å². The Morgan fingerprint density at radius 2 is 2.07 bits per heavy atom. The topological polar surface area (TPSA) is 29.5 Å². The van der Waals surface area contributed by atoms with Gasteiger partial charge in [0.25, 0.3) is 5.92 Å². The van der Waals surface area contributed by atoms with Crippen molar-refractivity contribution in [2.45, 2.75) is 19.0 Å². The van der Waals surface area contributed by atoms with Gasteiger partial charge in [-0.25, -0.2) is 0 Å². The Morgan fingerprint density at radius 3 is 2.57 bits per heavy atom. The smallest absolute Gasteiger partial charge is 0.298 e. The Balaban J connectivity index is 3.06. The van der Waals surface area contributed by atoms with Gasteiger partial charge in [0.2, 0.25) is 0 Å². The third-order valence-electron chi connectivity index (χ3n) is 1.98. The second-order valence-electron chi connectivity index (χ2n) is 3.03. The number of alkyl halides is 2. The summed E-state index contributed by atoms with van der Waals surface area (Å²) in [6.45, 7) is 1.06. The lowest BCUT2D eigenvalue weighted by molar-refractivity contribution is -0.106. The Morgan fingerprint density at radius 1 is 1.43 bits per heavy atom. The molecule has 1 aromatic rings. The van der Waals surface area contributed by atoms with Crippen LogP contribution >= 0.6 is 0 Å². The van der Waals surface area contributed by atoms with Crippen LogP contribution in [-0.4, -0.2) is 18.3 Å². The van der Waals surface area contributed by atoms with E-state index in [1.54, 1.807) is 6.07 Å². The van der Waals surface area contributed by atoms with Crippen molar-refractivity contribution in [2.24, 2.45) is 0 Å². The molecule has 0 aliphatic heterocycles. The largest absolute Gasteiger partial charge is 0.497 e. The molecule has 1 aromatic carbocycles. The van der Waals surface area contributed by atoms with Crippen LogP contribution in [0, 0.1) is 0 Å². The summed E-state index contributed by atoms with van der Waals surface area (Å²) in [5.41, 5.74) is -0.244. The van der Waals surface area contributed by atoms with Crippen LogP contribution in [0.3, 0.4) is 0 Å². The fourth-order valence-corrected chi connectivity index (χ4v) is 1.07. The van der Waals surface area contributed by atoms with Gasteiger partial charge in [-0.1, -0.05) is 12.1 Å². The average molecular weight is 202 g/mol. The first-order valence-electron chi connectivity index (χ1n) is 4.19. The highest BCUT2D eigenvalue weighted by atomic mass is 19.3. The molecule has 1 N–H and O–H groups in total. The Bertz CT molecular complexity index is 311. The summed E-state index contributed by atoms with van der Waals surface area (Å²) in [7, 11) is 1.40. The number of hydrogen-bond acceptors (Lipinski definition) is 2. The molecule has 2 nitrogen and oxygen atoms in total. The maximum Gasteiger partial charge on any atom is 0.298 e. The maximum absolute atomic E-state index is 13.3. The van der Waals surface area contributed by atoms with Gasteiger partial charge in [0.15, 0.2) is 0 Å². The van der Waals surface area contributed by atoms with E-state index < -0.39 is 12.0 Å². The molecule has 0 aromatic heterocycles. The van der Waals surface area contributed by atoms with Crippen LogP contribution in [0.5, 0.6) is 5.75 Å². The third kappa shape index (κ3) is 2.01. The average Bonchev–Trinajstić information content (AvgIpc) is 2.17. The van der Waals surface area contributed by atoms with Gasteiger partial charge in [-0.15, -0.1) is 0 Å². The number of rotatable bonds is 3. The van der Waals surface area contributed by atoms with Crippen molar-refractivity contribution in [1.82, 2.24) is 0 Å². The summed E-state index contributed by atoms with van der Waals surface area (Å²) < 4.78 is 31.4. The molecular weight excluding hydrogens is 190 g/mol. The van der Waals surface area contributed by atoms with Crippen molar-refractivity contribution in [3.8, 4) is 5.75 Å². The summed E-state index contributed by atoms with van der Waals surface area (Å²) in [4.78, 5) is 0. The second-order valence-corrected chi connectivity index (χ2v) is 3.03. The van der Waals surface area contributed by atoms with E-state index in [-0.39, 0.29) is 5.56 Å². The van der Waals surface area contributed by atoms with Gasteiger partial charge in [0, 0.05) is 5.56 Å². The van der Waals surface area contributed by atoms with E-state index >= 15 is 0 Å². The number of methoxy groups -OCH3 is 1. The highest BCUT2D eigenvalue weighted by Gasteiger charge is 2.37. The molecular formula is C10H12F2O2. The van der Waals surface area contributed by atoms with E-state index in [4.69, 9.17) is 9.84 Å². The van der Waals surface area contributed by atoms with Crippen LogP contribution in [0.2, 0.25) is 0 Å². The predicted octanol–water partition coefficient (Wildman–Crippen LogP) is 2.17. The molecule has 0 aliphatic carbocycles. The van der Waals surface area contributed by atoms with Crippen molar-refractivity contribution >= 4 is 0 Å². The third-order valence-corrected chi connectivity index (χ3v) is 1.98. The molecule has 14 heavy (non-hydrogen) atoms. The minimum absolute atomic E-state index is 0.244. The molecule has 1 unspecified atom stereocenters. The molecule has 78 valence electrons. The summed E-state index contributed by atoms with van der Waals surface area (Å²) in [5.74, 6) is -2.89. The van der Waals surface area contributed by atoms with Crippen molar-refractivity contribution in [3.05, 3.63) is 29.8 Å². The molecule has 0 fully saturated rings. The van der Waals surface area contributed by atoms with Crippen molar-refractivity contribution < 1.29 is 18.6 Å². The number of hydrogen-bond donors (Lipinski definition) is 1. The lowest BCUT2D eigenvalue weighted by atomic mass is 10.0. The molecule has 0 heterocycles. The molecule has 0 amide bonds. The summed E-state index contributed by atoms with van der Waals surface area (Å²) in [6.07, 6.45) is -1.71. The monoisotopic (exact) mass is 202 g/mol. The van der Waals surface area contributed by atoms with Crippen LogP contribution in [0.1, 0.15) is 12.5 Å². The number of aliphatic hydroxyl groups excluding tert-OH is 1. The van der Waals surface area contributed by atoms with Gasteiger partial charge in [0.1, 0.15) is 11.9 Å². The molecule has 1 rings (SSSR count). The highest BCUT2D eigenvalue weighted by Crippen LogP contribution is 2.33. The quantitative estimate of drug-likeness (QED) is 0.813. The van der Waals surface area contributed by atoms with Crippen LogP contribution in [-0.2, 0) is 5.92 Å². The fourth-order valence-electron chi connectivity index (χ4n) is 1.07. The van der Waals surface area contributed by atoms with E-state index in [0.717, 1.165) is 6.92 Å². The number of benzene rings is 1. The summed E-state index contributed by atoms with van der Waals surface area (Å²) in [5, 5.41) is 8.91. The summed E-state index contributed by atoms with van der Waals surface area (Å²) in [6, 6.07) is 5.51. The van der Waals surface area contributed by atoms with Crippen molar-refractivity contribution in [1.29, 1.82) is 0 Å². The Kier molecular flexibility index (Phi) is 3.06. The predicted molar refractivity (Wildman–Crippen MR) is 48.6 cm³/mol. The van der Waals surface area contributed by atoms with Crippen LogP contribution < -0.4 is 4.74 Å². The molecule has 0 saturated carbocycles. The molecule has 0 spiro atoms. The van der Waals surface area contributed by atoms with Crippen molar-refractivity contribution in [2.75, 3.05) is 7.11 Å². The van der Waals surface area contributed by atoms with Crippen LogP contribution in [0.15, 0.2) is 24.3 Å². The second kappa shape index (κ2) is 3.92. The zero-order valence-corrected chi connectivity index (χ0v) is 8.00. The first-order valence-corrected chi connectivity index (χ1v) is 4.19. The molecule has 0 saturated heterocycles. The van der Waals surface area contributed by atoms with Gasteiger partial charge >= 0.3 is 0 Å². The van der Waals surface area contributed by atoms with E-state index in [2.05, 4.69) is 0 Å². The first kappa shape index (κ1) is 10.9. The fraction of sp³-hybridized carbons (Fsp3) is 0.400. The standard InChI is InChI=1S/C10H12F2O2/c1-7(13)10(11,12)8-4-3-5-9(6-8)14-2/h3-7,13H,1-2H3. The van der Waals surface area contributed by atoms with Gasteiger partial charge in [-0.2, -0.15) is 8.78 Å². The SMILES string of the molecule is COc1cccc(C(F)(F)C(C)O)c1. The van der Waals surface area contributed by atoms with Gasteiger partial charge in [0.05, 0.1) is 7.11 Å². The molecule has 0 aliphatic rings. The molecule has 4 heteroatoms. The zero-order chi connectivity index (χ0) is 10.8. The van der Waals surface area contributed by atoms with Gasteiger partial charge < -0.3 is 9.84 Å². The van der Waals surface area contributed by atoms with Crippen LogP contribution in [0.25, 0.3) is 0 Å².